The lowest BCUT2D eigenvalue weighted by Gasteiger charge is -2.12. The molecule has 0 amide bonds. The van der Waals surface area contributed by atoms with Crippen molar-refractivity contribution in [2.24, 2.45) is 0 Å². The Balaban J connectivity index is 2.65. The van der Waals surface area contributed by atoms with Crippen molar-refractivity contribution >= 4 is 11.4 Å². The number of methoxy groups -OCH3 is 4. The van der Waals surface area contributed by atoms with Gasteiger partial charge in [0, 0.05) is 17.5 Å². The highest BCUT2D eigenvalue weighted by Crippen LogP contribution is 2.40. The second-order valence-electron chi connectivity index (χ2n) is 5.19. The Kier molecular flexibility index (Phi) is 6.01. The second kappa shape index (κ2) is 8.21. The van der Waals surface area contributed by atoms with E-state index < -0.39 is 9.85 Å². The van der Waals surface area contributed by atoms with Crippen molar-refractivity contribution in [3.8, 4) is 23.0 Å². The van der Waals surface area contributed by atoms with Gasteiger partial charge in [-0.15, -0.1) is 0 Å². The number of nitro benzene ring substituents is 2. The van der Waals surface area contributed by atoms with E-state index in [4.69, 9.17) is 18.9 Å². The van der Waals surface area contributed by atoms with Crippen molar-refractivity contribution in [3.63, 3.8) is 0 Å². The number of nitrogens with zero attached hydrogens (tertiary/aromatic N) is 2. The van der Waals surface area contributed by atoms with E-state index in [-0.39, 0.29) is 45.5 Å². The van der Waals surface area contributed by atoms with Gasteiger partial charge in [-0.05, 0) is 12.1 Å². The largest absolute Gasteiger partial charge is 0.493 e. The Morgan fingerprint density at radius 3 is 1.22 bits per heavy atom. The van der Waals surface area contributed by atoms with E-state index in [1.54, 1.807) is 0 Å². The van der Waals surface area contributed by atoms with Crippen LogP contribution in [-0.2, 0) is 0 Å². The van der Waals surface area contributed by atoms with E-state index in [2.05, 4.69) is 0 Å². The minimum Gasteiger partial charge on any atom is -0.493 e. The average molecular weight is 377 g/mol. The molecule has 0 unspecified atom stereocenters. The van der Waals surface area contributed by atoms with Gasteiger partial charge in [0.05, 0.1) is 50.4 Å². The molecule has 0 bridgehead atoms. The molecule has 0 heterocycles. The number of nitro groups is 2. The molecule has 0 aromatic heterocycles. The minimum absolute atomic E-state index is 0.105. The van der Waals surface area contributed by atoms with Crippen LogP contribution in [0.3, 0.4) is 0 Å². The summed E-state index contributed by atoms with van der Waals surface area (Å²) >= 11 is 0. The molecule has 0 N–H and O–H groups in total. The summed E-state index contributed by atoms with van der Waals surface area (Å²) in [6.07, 6.45) is 1.31. The van der Waals surface area contributed by atoms with Gasteiger partial charge in [0.2, 0.25) is 0 Å². The van der Waals surface area contributed by atoms with Gasteiger partial charge in [0.1, 0.15) is 0 Å². The Bertz CT molecular complexity index is 810. The van der Waals surface area contributed by atoms with Crippen molar-refractivity contribution in [2.75, 3.05) is 28.4 Å². The number of hydrogen-bond acceptors (Lipinski definition) is 8. The first-order valence-electron chi connectivity index (χ1n) is 7.51. The zero-order chi connectivity index (χ0) is 20.1. The predicted molar refractivity (Wildman–Crippen MR) is 94.9 cm³/mol. The number of hydrogen-bond donors (Lipinski definition) is 0. The number of benzene rings is 2. The molecule has 1 radical (unpaired) electrons. The normalized spacial score (nSPS) is 10.2. The number of ether oxygens (including phenoxy) is 4. The summed E-state index contributed by atoms with van der Waals surface area (Å²) in [7, 11) is 5.47. The maximum Gasteiger partial charge on any atom is 0.277 e. The van der Waals surface area contributed by atoms with Gasteiger partial charge in [-0.25, -0.2) is 0 Å². The fraction of sp³-hybridized carbons (Fsp3) is 0.235. The van der Waals surface area contributed by atoms with Crippen LogP contribution in [0.5, 0.6) is 23.0 Å². The van der Waals surface area contributed by atoms with Crippen molar-refractivity contribution < 1.29 is 28.8 Å². The van der Waals surface area contributed by atoms with Crippen molar-refractivity contribution in [1.82, 2.24) is 0 Å². The number of rotatable bonds is 8. The average Bonchev–Trinajstić information content (AvgIpc) is 2.66. The quantitative estimate of drug-likeness (QED) is 0.508. The van der Waals surface area contributed by atoms with Gasteiger partial charge in [-0.2, -0.15) is 0 Å². The Morgan fingerprint density at radius 1 is 0.667 bits per heavy atom. The molecule has 2 aromatic rings. The molecule has 143 valence electrons. The standard InChI is InChI=1S/C17H17N2O8/c1-24-14-6-10(12(18(20)21)8-16(14)26-3)5-11-7-15(25-2)17(27-4)9-13(11)19(22)23/h5-9H,1-4H3. The molecule has 2 rings (SSSR count). The first-order chi connectivity index (χ1) is 12.9. The van der Waals surface area contributed by atoms with Crippen LogP contribution >= 0.6 is 0 Å². The van der Waals surface area contributed by atoms with Crippen LogP contribution in [-0.4, -0.2) is 38.3 Å². The molecule has 0 atom stereocenters. The third-order valence-corrected chi connectivity index (χ3v) is 3.77. The van der Waals surface area contributed by atoms with Crippen molar-refractivity contribution in [1.29, 1.82) is 0 Å². The molecule has 0 aliphatic carbocycles. The highest BCUT2D eigenvalue weighted by Gasteiger charge is 2.25. The van der Waals surface area contributed by atoms with Crippen LogP contribution in [0.2, 0.25) is 0 Å². The molecule has 10 heteroatoms. The summed E-state index contributed by atoms with van der Waals surface area (Å²) in [5.41, 5.74) is -0.380. The Hall–Kier alpha value is -3.56. The lowest BCUT2D eigenvalue weighted by Crippen LogP contribution is -2.02. The summed E-state index contributed by atoms with van der Waals surface area (Å²) in [6, 6.07) is 5.13. The maximum absolute atomic E-state index is 11.4. The van der Waals surface area contributed by atoms with E-state index in [0.717, 1.165) is 0 Å². The molecule has 0 spiro atoms. The Morgan fingerprint density at radius 2 is 0.963 bits per heavy atom. The summed E-state index contributed by atoms with van der Waals surface area (Å²) in [6.45, 7) is 0. The van der Waals surface area contributed by atoms with Gasteiger partial charge < -0.3 is 18.9 Å². The van der Waals surface area contributed by atoms with Crippen LogP contribution in [0.25, 0.3) is 0 Å². The molecule has 10 nitrogen and oxygen atoms in total. The van der Waals surface area contributed by atoms with Crippen LogP contribution in [0.1, 0.15) is 11.1 Å². The second-order valence-corrected chi connectivity index (χ2v) is 5.19. The lowest BCUT2D eigenvalue weighted by molar-refractivity contribution is -0.386. The predicted octanol–water partition coefficient (Wildman–Crippen LogP) is 3.14. The molecule has 2 aromatic carbocycles. The van der Waals surface area contributed by atoms with Gasteiger partial charge in [-0.3, -0.25) is 20.2 Å². The Labute approximate surface area is 154 Å². The third kappa shape index (κ3) is 4.00. The van der Waals surface area contributed by atoms with Crippen LogP contribution < -0.4 is 18.9 Å². The van der Waals surface area contributed by atoms with E-state index in [1.165, 1.54) is 59.1 Å². The molecule has 0 aliphatic rings. The van der Waals surface area contributed by atoms with Crippen LogP contribution in [0, 0.1) is 26.6 Å². The summed E-state index contributed by atoms with van der Waals surface area (Å²) in [5.74, 6) is 0.835. The minimum atomic E-state index is -0.611. The van der Waals surface area contributed by atoms with Gasteiger partial charge >= 0.3 is 0 Å². The summed E-state index contributed by atoms with van der Waals surface area (Å²) in [5, 5.41) is 22.9. The first kappa shape index (κ1) is 19.8. The smallest absolute Gasteiger partial charge is 0.277 e. The molecular formula is C17H17N2O8. The highest BCUT2D eigenvalue weighted by atomic mass is 16.6. The van der Waals surface area contributed by atoms with Crippen LogP contribution in [0.15, 0.2) is 24.3 Å². The molecule has 0 saturated heterocycles. The topological polar surface area (TPSA) is 123 Å². The van der Waals surface area contributed by atoms with Crippen LogP contribution in [0.4, 0.5) is 11.4 Å². The summed E-state index contributed by atoms with van der Waals surface area (Å²) < 4.78 is 20.5. The molecule has 0 aliphatic heterocycles. The van der Waals surface area contributed by atoms with E-state index in [1.807, 2.05) is 0 Å². The zero-order valence-corrected chi connectivity index (χ0v) is 15.0. The fourth-order valence-electron chi connectivity index (χ4n) is 2.48. The summed E-state index contributed by atoms with van der Waals surface area (Å²) in [4.78, 5) is 21.6. The van der Waals surface area contributed by atoms with Gasteiger partial charge in [-0.1, -0.05) is 0 Å². The maximum atomic E-state index is 11.4. The first-order valence-corrected chi connectivity index (χ1v) is 7.51. The molecule has 27 heavy (non-hydrogen) atoms. The highest BCUT2D eigenvalue weighted by molar-refractivity contribution is 5.64. The third-order valence-electron chi connectivity index (χ3n) is 3.77. The molecular weight excluding hydrogens is 360 g/mol. The lowest BCUT2D eigenvalue weighted by atomic mass is 10.0. The van der Waals surface area contributed by atoms with E-state index in [0.29, 0.717) is 0 Å². The van der Waals surface area contributed by atoms with Crippen molar-refractivity contribution in [2.45, 2.75) is 0 Å². The van der Waals surface area contributed by atoms with Gasteiger partial charge in [0.25, 0.3) is 11.4 Å². The molecule has 0 fully saturated rings. The fourth-order valence-corrected chi connectivity index (χ4v) is 2.48. The molecule has 0 saturated carbocycles. The SMILES string of the molecule is COc1cc([CH]c2cc(OC)c(OC)cc2[N+](=O)[O-])c([N+](=O)[O-])cc1OC. The van der Waals surface area contributed by atoms with E-state index in [9.17, 15) is 20.2 Å². The van der Waals surface area contributed by atoms with E-state index >= 15 is 0 Å². The van der Waals surface area contributed by atoms with Crippen molar-refractivity contribution in [3.05, 3.63) is 62.0 Å². The zero-order valence-electron chi connectivity index (χ0n) is 15.0. The monoisotopic (exact) mass is 377 g/mol. The van der Waals surface area contributed by atoms with Gasteiger partial charge in [0.15, 0.2) is 23.0 Å².